The monoisotopic (exact) mass is 299 g/mol. The molecule has 1 rings (SSSR count). The van der Waals surface area contributed by atoms with Crippen molar-refractivity contribution in [2.75, 3.05) is 14.2 Å². The van der Waals surface area contributed by atoms with Crippen molar-refractivity contribution >= 4 is 11.6 Å². The zero-order valence-electron chi connectivity index (χ0n) is 8.84. The molecule has 1 radical (unpaired) electrons. The van der Waals surface area contributed by atoms with Crippen LogP contribution >= 0.6 is 0 Å². The van der Waals surface area contributed by atoms with Crippen LogP contribution in [0.1, 0.15) is 5.56 Å². The van der Waals surface area contributed by atoms with Gasteiger partial charge in [0.15, 0.2) is 5.71 Å². The number of nitrogens with one attached hydrogen (secondary N) is 1. The van der Waals surface area contributed by atoms with E-state index in [9.17, 15) is 9.90 Å². The molecule has 0 spiro atoms. The maximum atomic E-state index is 11.4. The van der Waals surface area contributed by atoms with Gasteiger partial charge >= 0.3 is 0 Å². The number of oxime groups is 1. The van der Waals surface area contributed by atoms with Gasteiger partial charge in [-0.05, 0) is 0 Å². The van der Waals surface area contributed by atoms with Gasteiger partial charge < -0.3 is 15.3 Å². The van der Waals surface area contributed by atoms with Crippen LogP contribution in [0, 0.1) is 0 Å². The molecule has 0 atom stereocenters. The van der Waals surface area contributed by atoms with E-state index in [1.54, 1.807) is 0 Å². The molecular weight excluding hydrogens is 289 g/mol. The van der Waals surface area contributed by atoms with Crippen molar-refractivity contribution in [3.8, 4) is 5.88 Å². The molecule has 1 heterocycles. The molecule has 0 saturated heterocycles. The van der Waals surface area contributed by atoms with E-state index in [0.29, 0.717) is 0 Å². The Morgan fingerprint density at radius 2 is 2.31 bits per heavy atom. The van der Waals surface area contributed by atoms with Crippen LogP contribution in [0.25, 0.3) is 0 Å². The number of aromatic hydroxyl groups is 1. The zero-order valence-corrected chi connectivity index (χ0v) is 11.7. The Hall–Kier alpha value is -1.08. The SMILES string of the molecule is CNC(=O)/C(=N/OC)c1cncnc1O.[Y]. The molecule has 0 saturated carbocycles. The quantitative estimate of drug-likeness (QED) is 0.567. The molecule has 1 aromatic rings. The van der Waals surface area contributed by atoms with Crippen molar-refractivity contribution in [1.29, 1.82) is 0 Å². The predicted molar refractivity (Wildman–Crippen MR) is 51.3 cm³/mol. The summed E-state index contributed by atoms with van der Waals surface area (Å²) < 4.78 is 0. The van der Waals surface area contributed by atoms with Crippen molar-refractivity contribution in [1.82, 2.24) is 15.3 Å². The molecule has 0 aliphatic heterocycles. The maximum absolute atomic E-state index is 11.4. The summed E-state index contributed by atoms with van der Waals surface area (Å²) in [7, 11) is 2.73. The summed E-state index contributed by atoms with van der Waals surface area (Å²) in [5, 5.41) is 15.2. The number of amides is 1. The Morgan fingerprint density at radius 1 is 1.62 bits per heavy atom. The van der Waals surface area contributed by atoms with E-state index in [-0.39, 0.29) is 49.9 Å². The van der Waals surface area contributed by atoms with Crippen LogP contribution in [0.4, 0.5) is 0 Å². The van der Waals surface area contributed by atoms with Crippen LogP contribution < -0.4 is 5.32 Å². The minimum absolute atomic E-state index is 0. The Kier molecular flexibility index (Phi) is 6.75. The van der Waals surface area contributed by atoms with Crippen molar-refractivity contribution in [3.63, 3.8) is 0 Å². The molecule has 0 unspecified atom stereocenters. The third-order valence-corrected chi connectivity index (χ3v) is 1.57. The molecule has 0 fully saturated rings. The second kappa shape index (κ2) is 7.24. The van der Waals surface area contributed by atoms with E-state index in [1.165, 1.54) is 20.4 Å². The van der Waals surface area contributed by atoms with Gasteiger partial charge in [-0.1, -0.05) is 5.16 Å². The summed E-state index contributed by atoms with van der Waals surface area (Å²) in [6, 6.07) is 0. The molecule has 0 aliphatic rings. The first-order valence-corrected chi connectivity index (χ1v) is 4.03. The van der Waals surface area contributed by atoms with Gasteiger partial charge in [-0.25, -0.2) is 9.97 Å². The average Bonchev–Trinajstić information content (AvgIpc) is 2.26. The smallest absolute Gasteiger partial charge is 0.273 e. The predicted octanol–water partition coefficient (Wildman–Crippen LogP) is -0.724. The fourth-order valence-electron chi connectivity index (χ4n) is 0.913. The third-order valence-electron chi connectivity index (χ3n) is 1.57. The number of rotatable bonds is 3. The van der Waals surface area contributed by atoms with Crippen molar-refractivity contribution in [2.24, 2.45) is 5.16 Å². The average molecular weight is 299 g/mol. The number of nitrogens with zero attached hydrogens (tertiary/aromatic N) is 3. The first kappa shape index (κ1) is 14.9. The van der Waals surface area contributed by atoms with Crippen LogP contribution in [0.3, 0.4) is 0 Å². The third kappa shape index (κ3) is 3.50. The number of likely N-dealkylation sites (N-methyl/N-ethyl adjacent to an activating group) is 1. The maximum Gasteiger partial charge on any atom is 0.273 e. The van der Waals surface area contributed by atoms with Gasteiger partial charge in [0, 0.05) is 46.0 Å². The van der Waals surface area contributed by atoms with Crippen molar-refractivity contribution in [2.45, 2.75) is 0 Å². The van der Waals surface area contributed by atoms with E-state index < -0.39 is 5.91 Å². The van der Waals surface area contributed by atoms with Crippen LogP contribution in [0.5, 0.6) is 5.88 Å². The molecular formula is C8H10N4O3Y. The minimum atomic E-state index is -0.498. The summed E-state index contributed by atoms with van der Waals surface area (Å²) in [5.74, 6) is -0.827. The zero-order chi connectivity index (χ0) is 11.3. The molecule has 1 aromatic heterocycles. The van der Waals surface area contributed by atoms with Crippen molar-refractivity contribution < 1.29 is 47.4 Å². The largest absolute Gasteiger partial charge is 0.493 e. The Balaban J connectivity index is 0.00000225. The van der Waals surface area contributed by atoms with Crippen molar-refractivity contribution in [3.05, 3.63) is 18.1 Å². The van der Waals surface area contributed by atoms with Gasteiger partial charge in [0.2, 0.25) is 5.88 Å². The number of hydrogen-bond donors (Lipinski definition) is 2. The van der Waals surface area contributed by atoms with Crippen LogP contribution in [0.2, 0.25) is 0 Å². The molecule has 1 amide bonds. The van der Waals surface area contributed by atoms with Gasteiger partial charge in [0.25, 0.3) is 5.91 Å². The Morgan fingerprint density at radius 3 is 2.81 bits per heavy atom. The summed E-state index contributed by atoms with van der Waals surface area (Å²) >= 11 is 0. The van der Waals surface area contributed by atoms with E-state index in [1.807, 2.05) is 0 Å². The molecule has 2 N–H and O–H groups in total. The fourth-order valence-corrected chi connectivity index (χ4v) is 0.913. The van der Waals surface area contributed by atoms with E-state index >= 15 is 0 Å². The first-order valence-electron chi connectivity index (χ1n) is 4.03. The summed E-state index contributed by atoms with van der Waals surface area (Å²) in [4.78, 5) is 23.1. The number of carbonyl (C=O) groups excluding carboxylic acids is 1. The van der Waals surface area contributed by atoms with E-state index in [0.717, 1.165) is 6.33 Å². The van der Waals surface area contributed by atoms with Gasteiger partial charge in [-0.2, -0.15) is 0 Å². The summed E-state index contributed by atoms with van der Waals surface area (Å²) in [6.07, 6.45) is 2.43. The molecule has 16 heavy (non-hydrogen) atoms. The van der Waals surface area contributed by atoms with Crippen LogP contribution in [-0.4, -0.2) is 40.9 Å². The van der Waals surface area contributed by atoms with Gasteiger partial charge in [-0.3, -0.25) is 4.79 Å². The molecule has 0 aliphatic carbocycles. The van der Waals surface area contributed by atoms with Crippen LogP contribution in [-0.2, 0) is 42.3 Å². The fraction of sp³-hybridized carbons (Fsp3) is 0.250. The van der Waals surface area contributed by atoms with Gasteiger partial charge in [0.1, 0.15) is 13.4 Å². The molecule has 7 nitrogen and oxygen atoms in total. The summed E-state index contributed by atoms with van der Waals surface area (Å²) in [6.45, 7) is 0. The molecule has 8 heteroatoms. The van der Waals surface area contributed by atoms with Gasteiger partial charge in [-0.15, -0.1) is 0 Å². The number of aromatic nitrogens is 2. The standard InChI is InChI=1S/C8H10N4O3.Y/c1-9-8(14)6(12-15-2)5-3-10-4-11-7(5)13;/h3-4H,1-2H3,(H,9,14)(H,10,11,13);/b12-6+;. The van der Waals surface area contributed by atoms with Crippen LogP contribution in [0.15, 0.2) is 17.7 Å². The number of hydrogen-bond acceptors (Lipinski definition) is 6. The molecule has 83 valence electrons. The first-order chi connectivity index (χ1) is 7.20. The molecule has 0 aromatic carbocycles. The Bertz CT molecular complexity index is 397. The minimum Gasteiger partial charge on any atom is -0.493 e. The topological polar surface area (TPSA) is 96.7 Å². The number of carbonyl (C=O) groups is 1. The van der Waals surface area contributed by atoms with E-state index in [2.05, 4.69) is 25.3 Å². The Labute approximate surface area is 117 Å². The molecule has 0 bridgehead atoms. The normalized spacial score (nSPS) is 10.2. The second-order valence-corrected chi connectivity index (χ2v) is 2.46. The van der Waals surface area contributed by atoms with E-state index in [4.69, 9.17) is 0 Å². The second-order valence-electron chi connectivity index (χ2n) is 2.46. The summed E-state index contributed by atoms with van der Waals surface area (Å²) in [5.41, 5.74) is 0.0248. The van der Waals surface area contributed by atoms with Gasteiger partial charge in [0.05, 0.1) is 5.56 Å².